The molecule has 6 heteroatoms. The molecule has 0 fully saturated rings. The first-order chi connectivity index (χ1) is 10.3. The van der Waals surface area contributed by atoms with Gasteiger partial charge in [0.05, 0.1) is 0 Å². The second-order valence-electron chi connectivity index (χ2n) is 5.95. The molecule has 0 rings (SSSR count). The SMILES string of the molecule is CCCCCC[C@](O)(C(=O)O)[C@](O)(CCCCCC)C(=O)O. The van der Waals surface area contributed by atoms with Gasteiger partial charge in [0.1, 0.15) is 0 Å². The first kappa shape index (κ1) is 20.9. The molecule has 0 heterocycles. The highest BCUT2D eigenvalue weighted by Gasteiger charge is 2.59. The predicted molar refractivity (Wildman–Crippen MR) is 82.7 cm³/mol. The van der Waals surface area contributed by atoms with Gasteiger partial charge in [-0.05, 0) is 25.7 Å². The van der Waals surface area contributed by atoms with E-state index in [1.165, 1.54) is 0 Å². The van der Waals surface area contributed by atoms with E-state index >= 15 is 0 Å². The molecule has 0 aromatic carbocycles. The zero-order valence-corrected chi connectivity index (χ0v) is 13.7. The molecule has 22 heavy (non-hydrogen) atoms. The van der Waals surface area contributed by atoms with Gasteiger partial charge in [0.25, 0.3) is 0 Å². The smallest absolute Gasteiger partial charge is 0.339 e. The minimum atomic E-state index is -2.65. The summed E-state index contributed by atoms with van der Waals surface area (Å²) in [6, 6.07) is 0. The van der Waals surface area contributed by atoms with Crippen molar-refractivity contribution >= 4 is 11.9 Å². The zero-order valence-electron chi connectivity index (χ0n) is 13.7. The van der Waals surface area contributed by atoms with Crippen molar-refractivity contribution in [2.45, 2.75) is 89.3 Å². The molecule has 0 amide bonds. The van der Waals surface area contributed by atoms with Crippen LogP contribution in [0.3, 0.4) is 0 Å². The van der Waals surface area contributed by atoms with Crippen molar-refractivity contribution in [2.75, 3.05) is 0 Å². The Kier molecular flexibility index (Phi) is 9.28. The maximum Gasteiger partial charge on any atom is 0.339 e. The molecule has 4 N–H and O–H groups in total. The quantitative estimate of drug-likeness (QED) is 0.388. The van der Waals surface area contributed by atoms with Crippen LogP contribution in [0.4, 0.5) is 0 Å². The number of carbonyl (C=O) groups is 2. The third kappa shape index (κ3) is 5.25. The number of carboxylic acid groups (broad SMARTS) is 2. The fourth-order valence-corrected chi connectivity index (χ4v) is 2.60. The molecule has 2 atom stereocenters. The Morgan fingerprint density at radius 2 is 1.00 bits per heavy atom. The number of hydrogen-bond donors (Lipinski definition) is 4. The first-order valence-corrected chi connectivity index (χ1v) is 8.17. The molecule has 0 aromatic heterocycles. The summed E-state index contributed by atoms with van der Waals surface area (Å²) in [5, 5.41) is 39.4. The highest BCUT2D eigenvalue weighted by Crippen LogP contribution is 2.34. The van der Waals surface area contributed by atoms with E-state index in [1.807, 2.05) is 13.8 Å². The summed E-state index contributed by atoms with van der Waals surface area (Å²) in [5.74, 6) is -3.35. The Bertz CT molecular complexity index is 323. The molecule has 0 bridgehead atoms. The summed E-state index contributed by atoms with van der Waals surface area (Å²) < 4.78 is 0. The predicted octanol–water partition coefficient (Wildman–Crippen LogP) is 2.56. The molecular formula is C16H30O6. The lowest BCUT2D eigenvalue weighted by Gasteiger charge is -2.37. The van der Waals surface area contributed by atoms with Gasteiger partial charge in [-0.2, -0.15) is 0 Å². The Balaban J connectivity index is 5.06. The van der Waals surface area contributed by atoms with Gasteiger partial charge in [0, 0.05) is 0 Å². The lowest BCUT2D eigenvalue weighted by atomic mass is 9.75. The summed E-state index contributed by atoms with van der Waals surface area (Å²) in [6.07, 6.45) is 5.20. The van der Waals surface area contributed by atoms with Crippen LogP contribution in [-0.2, 0) is 9.59 Å². The molecule has 0 saturated carbocycles. The molecular weight excluding hydrogens is 288 g/mol. The maximum atomic E-state index is 11.5. The highest BCUT2D eigenvalue weighted by molar-refractivity contribution is 5.90. The van der Waals surface area contributed by atoms with E-state index in [1.54, 1.807) is 0 Å². The third-order valence-electron chi connectivity index (χ3n) is 4.18. The van der Waals surface area contributed by atoms with Crippen LogP contribution in [-0.4, -0.2) is 43.6 Å². The third-order valence-corrected chi connectivity index (χ3v) is 4.18. The van der Waals surface area contributed by atoms with E-state index in [2.05, 4.69) is 0 Å². The standard InChI is InChI=1S/C16H30O6/c1-3-5-7-9-11-15(21,13(17)18)16(22,14(19)20)12-10-8-6-4-2/h21-22H,3-12H2,1-2H3,(H,17,18)(H,19,20)/t15-,16-/m0/s1. The van der Waals surface area contributed by atoms with Crippen LogP contribution in [0.25, 0.3) is 0 Å². The van der Waals surface area contributed by atoms with Crippen LogP contribution in [0.5, 0.6) is 0 Å². The number of unbranched alkanes of at least 4 members (excludes halogenated alkanes) is 6. The zero-order chi connectivity index (χ0) is 17.2. The minimum Gasteiger partial charge on any atom is -0.479 e. The van der Waals surface area contributed by atoms with Crippen LogP contribution in [0.2, 0.25) is 0 Å². The van der Waals surface area contributed by atoms with Crippen molar-refractivity contribution in [3.8, 4) is 0 Å². The molecule has 0 unspecified atom stereocenters. The number of aliphatic carboxylic acids is 2. The van der Waals surface area contributed by atoms with E-state index in [-0.39, 0.29) is 12.8 Å². The second kappa shape index (κ2) is 9.79. The molecule has 0 radical (unpaired) electrons. The van der Waals surface area contributed by atoms with Gasteiger partial charge in [-0.3, -0.25) is 0 Å². The number of rotatable bonds is 13. The van der Waals surface area contributed by atoms with Crippen molar-refractivity contribution in [1.29, 1.82) is 0 Å². The summed E-state index contributed by atoms with van der Waals surface area (Å²) in [6.45, 7) is 3.98. The molecule has 0 aromatic rings. The Labute approximate surface area is 132 Å². The number of carboxylic acids is 2. The van der Waals surface area contributed by atoms with Crippen LogP contribution in [0.15, 0.2) is 0 Å². The van der Waals surface area contributed by atoms with Gasteiger partial charge in [-0.1, -0.05) is 52.4 Å². The average Bonchev–Trinajstić information content (AvgIpc) is 2.47. The van der Waals surface area contributed by atoms with Gasteiger partial charge >= 0.3 is 11.9 Å². The summed E-state index contributed by atoms with van der Waals surface area (Å²) in [5.41, 5.74) is -5.31. The Morgan fingerprint density at radius 1 is 0.682 bits per heavy atom. The first-order valence-electron chi connectivity index (χ1n) is 8.17. The van der Waals surface area contributed by atoms with Crippen LogP contribution < -0.4 is 0 Å². The molecule has 0 saturated heterocycles. The van der Waals surface area contributed by atoms with E-state index in [9.17, 15) is 30.0 Å². The summed E-state index contributed by atoms with van der Waals surface area (Å²) in [4.78, 5) is 22.9. The highest BCUT2D eigenvalue weighted by atomic mass is 16.5. The lowest BCUT2D eigenvalue weighted by molar-refractivity contribution is -0.210. The van der Waals surface area contributed by atoms with Crippen molar-refractivity contribution in [3.63, 3.8) is 0 Å². The summed E-state index contributed by atoms with van der Waals surface area (Å²) in [7, 11) is 0. The Hall–Kier alpha value is -1.14. The molecule has 0 aliphatic rings. The van der Waals surface area contributed by atoms with E-state index in [0.29, 0.717) is 25.7 Å². The van der Waals surface area contributed by atoms with Gasteiger partial charge in [-0.25, -0.2) is 9.59 Å². The Morgan fingerprint density at radius 3 is 1.23 bits per heavy atom. The van der Waals surface area contributed by atoms with Gasteiger partial charge in [-0.15, -0.1) is 0 Å². The molecule has 0 aliphatic carbocycles. The molecule has 130 valence electrons. The van der Waals surface area contributed by atoms with Crippen molar-refractivity contribution in [3.05, 3.63) is 0 Å². The normalized spacial score (nSPS) is 16.7. The number of aliphatic hydroxyl groups is 2. The van der Waals surface area contributed by atoms with E-state index in [4.69, 9.17) is 0 Å². The molecule has 6 nitrogen and oxygen atoms in total. The maximum absolute atomic E-state index is 11.5. The lowest BCUT2D eigenvalue weighted by Crippen LogP contribution is -2.63. The minimum absolute atomic E-state index is 0.265. The van der Waals surface area contributed by atoms with Crippen LogP contribution in [0.1, 0.15) is 78.1 Å². The monoisotopic (exact) mass is 318 g/mol. The van der Waals surface area contributed by atoms with E-state index < -0.39 is 23.1 Å². The number of hydrogen-bond acceptors (Lipinski definition) is 4. The van der Waals surface area contributed by atoms with Crippen molar-refractivity contribution < 1.29 is 30.0 Å². The van der Waals surface area contributed by atoms with Gasteiger partial charge in [0.2, 0.25) is 11.2 Å². The molecule has 0 spiro atoms. The molecule has 0 aliphatic heterocycles. The topological polar surface area (TPSA) is 115 Å². The average molecular weight is 318 g/mol. The van der Waals surface area contributed by atoms with Crippen LogP contribution >= 0.6 is 0 Å². The van der Waals surface area contributed by atoms with E-state index in [0.717, 1.165) is 25.7 Å². The van der Waals surface area contributed by atoms with Crippen molar-refractivity contribution in [1.82, 2.24) is 0 Å². The largest absolute Gasteiger partial charge is 0.479 e. The van der Waals surface area contributed by atoms with Gasteiger partial charge in [0.15, 0.2) is 0 Å². The summed E-state index contributed by atoms with van der Waals surface area (Å²) >= 11 is 0. The fourth-order valence-electron chi connectivity index (χ4n) is 2.60. The fraction of sp³-hybridized carbons (Fsp3) is 0.875. The second-order valence-corrected chi connectivity index (χ2v) is 5.95. The van der Waals surface area contributed by atoms with Gasteiger partial charge < -0.3 is 20.4 Å². The van der Waals surface area contributed by atoms with Crippen molar-refractivity contribution in [2.24, 2.45) is 0 Å². The van der Waals surface area contributed by atoms with Crippen LogP contribution in [0, 0.1) is 0 Å².